The van der Waals surface area contributed by atoms with Crippen LogP contribution in [0, 0.1) is 0 Å². The molecule has 2 rings (SSSR count). The van der Waals surface area contributed by atoms with Crippen LogP contribution in [-0.2, 0) is 4.74 Å². The molecule has 0 unspecified atom stereocenters. The predicted molar refractivity (Wildman–Crippen MR) is 59.2 cm³/mol. The molecule has 0 spiro atoms. The molecular weight excluding hydrogens is 192 g/mol. The van der Waals surface area contributed by atoms with E-state index < -0.39 is 0 Å². The monoisotopic (exact) mass is 208 g/mol. The highest BCUT2D eigenvalue weighted by Crippen LogP contribution is 2.12. The molecular formula is C10H16N4O. The molecule has 1 N–H and O–H groups in total. The van der Waals surface area contributed by atoms with Crippen LogP contribution in [0.1, 0.15) is 6.92 Å². The minimum atomic E-state index is 0.402. The smallest absolute Gasteiger partial charge is 0.226 e. The first-order valence-electron chi connectivity index (χ1n) is 5.18. The van der Waals surface area contributed by atoms with E-state index in [1.165, 1.54) is 0 Å². The maximum absolute atomic E-state index is 5.09. The lowest BCUT2D eigenvalue weighted by molar-refractivity contribution is 0.0209. The second kappa shape index (κ2) is 4.44. The first-order valence-corrected chi connectivity index (χ1v) is 5.18. The fraction of sp³-hybridized carbons (Fsp3) is 0.600. The van der Waals surface area contributed by atoms with Gasteiger partial charge in [-0.15, -0.1) is 0 Å². The summed E-state index contributed by atoms with van der Waals surface area (Å²) in [4.78, 5) is 10.6. The molecule has 1 saturated heterocycles. The lowest BCUT2D eigenvalue weighted by Gasteiger charge is -2.27. The first kappa shape index (κ1) is 10.2. The average Bonchev–Trinajstić information content (AvgIpc) is 2.23. The second-order valence-corrected chi connectivity index (χ2v) is 3.63. The molecule has 15 heavy (non-hydrogen) atoms. The summed E-state index contributed by atoms with van der Waals surface area (Å²) in [6, 6.07) is 2.28. The van der Waals surface area contributed by atoms with E-state index in [2.05, 4.69) is 22.2 Å². The Morgan fingerprint density at radius 1 is 1.60 bits per heavy atom. The van der Waals surface area contributed by atoms with E-state index in [4.69, 9.17) is 4.74 Å². The number of aromatic nitrogens is 2. The van der Waals surface area contributed by atoms with Gasteiger partial charge in [0, 0.05) is 19.8 Å². The van der Waals surface area contributed by atoms with Gasteiger partial charge in [0.05, 0.1) is 19.3 Å². The summed E-state index contributed by atoms with van der Waals surface area (Å²) >= 11 is 0. The third-order valence-corrected chi connectivity index (χ3v) is 2.45. The van der Waals surface area contributed by atoms with Crippen LogP contribution in [0.5, 0.6) is 0 Å². The van der Waals surface area contributed by atoms with Crippen LogP contribution in [0.15, 0.2) is 12.3 Å². The lowest BCUT2D eigenvalue weighted by Crippen LogP contribution is -2.40. The number of ether oxygens (including phenoxy) is 1. The van der Waals surface area contributed by atoms with E-state index in [-0.39, 0.29) is 0 Å². The van der Waals surface area contributed by atoms with E-state index in [1.807, 2.05) is 18.0 Å². The van der Waals surface area contributed by atoms with Crippen molar-refractivity contribution in [3.05, 3.63) is 12.3 Å². The van der Waals surface area contributed by atoms with Crippen LogP contribution in [0.4, 0.5) is 11.8 Å². The Labute approximate surface area is 89.5 Å². The number of anilines is 2. The van der Waals surface area contributed by atoms with Gasteiger partial charge in [-0.05, 0) is 13.0 Å². The molecule has 1 fully saturated rings. The molecule has 0 aliphatic carbocycles. The second-order valence-electron chi connectivity index (χ2n) is 3.63. The zero-order chi connectivity index (χ0) is 10.7. The Morgan fingerprint density at radius 3 is 3.00 bits per heavy atom. The van der Waals surface area contributed by atoms with Crippen LogP contribution < -0.4 is 10.2 Å². The summed E-state index contributed by atoms with van der Waals surface area (Å²) in [5, 5.41) is 3.29. The Bertz CT molecular complexity index is 327. The molecule has 82 valence electrons. The first-order chi connectivity index (χ1) is 7.29. The third kappa shape index (κ3) is 2.36. The van der Waals surface area contributed by atoms with Gasteiger partial charge < -0.3 is 15.0 Å². The van der Waals surface area contributed by atoms with Crippen LogP contribution in [-0.4, -0.2) is 42.8 Å². The zero-order valence-corrected chi connectivity index (χ0v) is 9.10. The van der Waals surface area contributed by atoms with Crippen LogP contribution in [0.25, 0.3) is 0 Å². The highest BCUT2D eigenvalue weighted by atomic mass is 16.5. The topological polar surface area (TPSA) is 50.3 Å². The number of hydrogen-bond donors (Lipinski definition) is 1. The molecule has 1 aliphatic rings. The summed E-state index contributed by atoms with van der Waals surface area (Å²) in [6.45, 7) is 4.51. The van der Waals surface area contributed by atoms with Gasteiger partial charge in [0.15, 0.2) is 0 Å². The highest BCUT2D eigenvalue weighted by Gasteiger charge is 2.18. The molecule has 0 saturated carbocycles. The van der Waals surface area contributed by atoms with E-state index in [0.717, 1.165) is 31.5 Å². The largest absolute Gasteiger partial charge is 0.377 e. The third-order valence-electron chi connectivity index (χ3n) is 2.45. The zero-order valence-electron chi connectivity index (χ0n) is 9.10. The molecule has 0 radical (unpaired) electrons. The SMILES string of the molecule is CCN(C)c1nccc(NC2COC2)n1. The molecule has 5 nitrogen and oxygen atoms in total. The number of nitrogens with one attached hydrogen (secondary N) is 1. The van der Waals surface area contributed by atoms with Crippen molar-refractivity contribution in [2.75, 3.05) is 37.0 Å². The summed E-state index contributed by atoms with van der Waals surface area (Å²) in [7, 11) is 1.98. The Balaban J connectivity index is 2.04. The fourth-order valence-electron chi connectivity index (χ4n) is 1.28. The predicted octanol–water partition coefficient (Wildman–Crippen LogP) is 0.743. The minimum Gasteiger partial charge on any atom is -0.377 e. The Morgan fingerprint density at radius 2 is 2.40 bits per heavy atom. The van der Waals surface area contributed by atoms with Crippen molar-refractivity contribution in [2.45, 2.75) is 13.0 Å². The minimum absolute atomic E-state index is 0.402. The maximum atomic E-state index is 5.09. The Kier molecular flexibility index (Phi) is 3.01. The number of rotatable bonds is 4. The van der Waals surface area contributed by atoms with Gasteiger partial charge in [-0.25, -0.2) is 4.98 Å². The highest BCUT2D eigenvalue weighted by molar-refractivity contribution is 5.41. The van der Waals surface area contributed by atoms with Crippen LogP contribution in [0.2, 0.25) is 0 Å². The molecule has 1 aromatic rings. The van der Waals surface area contributed by atoms with Crippen molar-refractivity contribution in [2.24, 2.45) is 0 Å². The standard InChI is InChI=1S/C10H16N4O/c1-3-14(2)10-11-5-4-9(13-10)12-8-6-15-7-8/h4-5,8H,3,6-7H2,1-2H3,(H,11,12,13). The van der Waals surface area contributed by atoms with Gasteiger partial charge in [-0.2, -0.15) is 4.98 Å². The summed E-state index contributed by atoms with van der Waals surface area (Å²) in [6.07, 6.45) is 1.77. The average molecular weight is 208 g/mol. The number of hydrogen-bond acceptors (Lipinski definition) is 5. The molecule has 0 aromatic carbocycles. The normalized spacial score (nSPS) is 15.9. The van der Waals surface area contributed by atoms with Crippen LogP contribution >= 0.6 is 0 Å². The van der Waals surface area contributed by atoms with Crippen LogP contribution in [0.3, 0.4) is 0 Å². The molecule has 0 bridgehead atoms. The van der Waals surface area contributed by atoms with Gasteiger partial charge >= 0.3 is 0 Å². The summed E-state index contributed by atoms with van der Waals surface area (Å²) < 4.78 is 5.09. The molecule has 1 aliphatic heterocycles. The van der Waals surface area contributed by atoms with Gasteiger partial charge in [-0.3, -0.25) is 0 Å². The molecule has 0 atom stereocenters. The van der Waals surface area contributed by atoms with Gasteiger partial charge in [0.25, 0.3) is 0 Å². The molecule has 2 heterocycles. The van der Waals surface area contributed by atoms with Crippen molar-refractivity contribution in [1.29, 1.82) is 0 Å². The van der Waals surface area contributed by atoms with Gasteiger partial charge in [0.2, 0.25) is 5.95 Å². The van der Waals surface area contributed by atoms with Crippen molar-refractivity contribution in [1.82, 2.24) is 9.97 Å². The number of nitrogens with zero attached hydrogens (tertiary/aromatic N) is 3. The van der Waals surface area contributed by atoms with E-state index in [1.54, 1.807) is 6.20 Å². The van der Waals surface area contributed by atoms with Crippen molar-refractivity contribution in [3.63, 3.8) is 0 Å². The Hall–Kier alpha value is -1.36. The maximum Gasteiger partial charge on any atom is 0.226 e. The van der Waals surface area contributed by atoms with Crippen molar-refractivity contribution in [3.8, 4) is 0 Å². The summed E-state index contributed by atoms with van der Waals surface area (Å²) in [5.74, 6) is 1.62. The lowest BCUT2D eigenvalue weighted by atomic mass is 10.2. The fourth-order valence-corrected chi connectivity index (χ4v) is 1.28. The van der Waals surface area contributed by atoms with Gasteiger partial charge in [0.1, 0.15) is 5.82 Å². The van der Waals surface area contributed by atoms with Gasteiger partial charge in [-0.1, -0.05) is 0 Å². The van der Waals surface area contributed by atoms with Crippen molar-refractivity contribution >= 4 is 11.8 Å². The van der Waals surface area contributed by atoms with E-state index in [9.17, 15) is 0 Å². The molecule has 5 heteroatoms. The van der Waals surface area contributed by atoms with Crippen molar-refractivity contribution < 1.29 is 4.74 Å². The summed E-state index contributed by atoms with van der Waals surface area (Å²) in [5.41, 5.74) is 0. The molecule has 0 amide bonds. The quantitative estimate of drug-likeness (QED) is 0.791. The van der Waals surface area contributed by atoms with E-state index >= 15 is 0 Å². The van der Waals surface area contributed by atoms with E-state index in [0.29, 0.717) is 6.04 Å². The molecule has 1 aromatic heterocycles.